The zero-order valence-corrected chi connectivity index (χ0v) is 22.2. The Hall–Kier alpha value is -4.31. The average Bonchev–Trinajstić information content (AvgIpc) is 2.93. The van der Waals surface area contributed by atoms with E-state index in [1.165, 1.54) is 19.2 Å². The largest absolute Gasteiger partial charge is 0.371 e. The maximum atomic E-state index is 13.8. The van der Waals surface area contributed by atoms with Crippen LogP contribution >= 0.6 is 0 Å². The molecule has 1 saturated heterocycles. The van der Waals surface area contributed by atoms with Crippen molar-refractivity contribution in [1.29, 1.82) is 5.41 Å². The molecule has 1 aliphatic rings. The molecule has 0 radical (unpaired) electrons. The topological polar surface area (TPSA) is 124 Å². The van der Waals surface area contributed by atoms with E-state index < -0.39 is 32.6 Å². The summed E-state index contributed by atoms with van der Waals surface area (Å²) in [4.78, 5) is 32.4. The minimum atomic E-state index is -4.25. The second-order valence-corrected chi connectivity index (χ2v) is 11.2. The first-order valence-corrected chi connectivity index (χ1v) is 13.6. The van der Waals surface area contributed by atoms with E-state index in [2.05, 4.69) is 10.3 Å². The minimum Gasteiger partial charge on any atom is -0.371 e. The number of carbonyl (C=O) groups excluding carboxylic acids is 2. The molecule has 3 amide bonds. The molecule has 2 heterocycles. The minimum absolute atomic E-state index is 0.0121. The number of hydrogen-bond acceptors (Lipinski definition) is 7. The number of pyridine rings is 1. The molecular formula is C28H29N5O4S. The van der Waals surface area contributed by atoms with Gasteiger partial charge in [-0.1, -0.05) is 62.4 Å². The normalized spacial score (nSPS) is 15.7. The molecule has 2 aromatic carbocycles. The molecule has 1 aliphatic heterocycles. The first-order chi connectivity index (χ1) is 18.1. The van der Waals surface area contributed by atoms with Crippen LogP contribution in [0.5, 0.6) is 0 Å². The molecule has 196 valence electrons. The van der Waals surface area contributed by atoms with Gasteiger partial charge in [-0.05, 0) is 35.7 Å². The molecule has 0 unspecified atom stereocenters. The van der Waals surface area contributed by atoms with E-state index in [9.17, 15) is 18.0 Å². The number of nitrogens with zero attached hydrogens (tertiary/aromatic N) is 3. The Morgan fingerprint density at radius 2 is 1.63 bits per heavy atom. The van der Waals surface area contributed by atoms with Gasteiger partial charge < -0.3 is 5.32 Å². The quantitative estimate of drug-likeness (QED) is 0.423. The van der Waals surface area contributed by atoms with Crippen molar-refractivity contribution in [1.82, 2.24) is 20.1 Å². The van der Waals surface area contributed by atoms with E-state index in [-0.39, 0.29) is 29.5 Å². The molecule has 1 fully saturated rings. The summed E-state index contributed by atoms with van der Waals surface area (Å²) >= 11 is 0. The van der Waals surface area contributed by atoms with Gasteiger partial charge in [0.15, 0.2) is 0 Å². The van der Waals surface area contributed by atoms with E-state index in [4.69, 9.17) is 5.41 Å². The Morgan fingerprint density at radius 1 is 0.974 bits per heavy atom. The standard InChI is InChI=1S/C28H29N5O4S/c1-19(2)18-33-25(29)24(27(34)32(3)28(33)35)26(38(36,37)22-9-5-4-6-10-22)31-17-20-12-14-21(15-13-20)23-11-7-8-16-30-23/h4-16,19,29,31H,17-18H2,1-3H3/b26-24-,29-25?. The number of benzene rings is 2. The number of urea groups is 1. The number of amidine groups is 1. The zero-order chi connectivity index (χ0) is 27.4. The van der Waals surface area contributed by atoms with E-state index >= 15 is 0 Å². The highest BCUT2D eigenvalue weighted by atomic mass is 32.2. The van der Waals surface area contributed by atoms with Gasteiger partial charge in [-0.25, -0.2) is 13.2 Å². The molecule has 9 nitrogen and oxygen atoms in total. The Labute approximate surface area is 222 Å². The maximum absolute atomic E-state index is 13.8. The lowest BCUT2D eigenvalue weighted by molar-refractivity contribution is -0.123. The van der Waals surface area contributed by atoms with Gasteiger partial charge in [-0.3, -0.25) is 25.0 Å². The number of amides is 3. The van der Waals surface area contributed by atoms with Crippen molar-refractivity contribution in [3.63, 3.8) is 0 Å². The first kappa shape index (κ1) is 26.7. The highest BCUT2D eigenvalue weighted by molar-refractivity contribution is 7.95. The van der Waals surface area contributed by atoms with E-state index in [0.717, 1.165) is 26.6 Å². The lowest BCUT2D eigenvalue weighted by Crippen LogP contribution is -2.56. The molecule has 0 saturated carbocycles. The highest BCUT2D eigenvalue weighted by Gasteiger charge is 2.42. The first-order valence-electron chi connectivity index (χ1n) is 12.1. The lowest BCUT2D eigenvalue weighted by Gasteiger charge is -2.35. The molecule has 10 heteroatoms. The number of aromatic nitrogens is 1. The summed E-state index contributed by atoms with van der Waals surface area (Å²) in [6.45, 7) is 3.96. The van der Waals surface area contributed by atoms with Gasteiger partial charge in [0.1, 0.15) is 16.4 Å². The van der Waals surface area contributed by atoms with E-state index in [1.807, 2.05) is 56.3 Å². The molecule has 38 heavy (non-hydrogen) atoms. The van der Waals surface area contributed by atoms with Gasteiger partial charge in [0.2, 0.25) is 9.84 Å². The Morgan fingerprint density at radius 3 is 2.24 bits per heavy atom. The summed E-state index contributed by atoms with van der Waals surface area (Å²) in [5.74, 6) is -1.31. The van der Waals surface area contributed by atoms with Crippen LogP contribution in [-0.2, 0) is 21.2 Å². The predicted molar refractivity (Wildman–Crippen MR) is 145 cm³/mol. The summed E-state index contributed by atoms with van der Waals surface area (Å²) in [5.41, 5.74) is 2.09. The second kappa shape index (κ2) is 11.0. The van der Waals surface area contributed by atoms with Crippen LogP contribution in [0.1, 0.15) is 19.4 Å². The van der Waals surface area contributed by atoms with Gasteiger partial charge in [-0.2, -0.15) is 0 Å². The number of carbonyl (C=O) groups is 2. The van der Waals surface area contributed by atoms with Crippen LogP contribution in [0.3, 0.4) is 0 Å². The number of rotatable bonds is 8. The number of hydrogen-bond donors (Lipinski definition) is 2. The van der Waals surface area contributed by atoms with E-state index in [1.54, 1.807) is 24.4 Å². The molecule has 2 N–H and O–H groups in total. The monoisotopic (exact) mass is 531 g/mol. The third kappa shape index (κ3) is 5.35. The average molecular weight is 532 g/mol. The van der Waals surface area contributed by atoms with Crippen molar-refractivity contribution < 1.29 is 18.0 Å². The van der Waals surface area contributed by atoms with Crippen molar-refractivity contribution in [3.8, 4) is 11.3 Å². The Bertz CT molecular complexity index is 1490. The van der Waals surface area contributed by atoms with Crippen molar-refractivity contribution >= 4 is 27.6 Å². The fourth-order valence-corrected chi connectivity index (χ4v) is 5.52. The van der Waals surface area contributed by atoms with Gasteiger partial charge in [0.05, 0.1) is 10.6 Å². The van der Waals surface area contributed by atoms with Gasteiger partial charge in [0.25, 0.3) is 5.91 Å². The van der Waals surface area contributed by atoms with Crippen LogP contribution in [0.15, 0.2) is 94.5 Å². The van der Waals surface area contributed by atoms with Crippen LogP contribution in [0, 0.1) is 11.3 Å². The van der Waals surface area contributed by atoms with Crippen LogP contribution in [0.4, 0.5) is 4.79 Å². The molecule has 0 atom stereocenters. The smallest absolute Gasteiger partial charge is 0.332 e. The predicted octanol–water partition coefficient (Wildman–Crippen LogP) is 4.05. The number of imide groups is 1. The molecule has 0 aliphatic carbocycles. The van der Waals surface area contributed by atoms with Crippen LogP contribution in [-0.4, -0.2) is 54.6 Å². The van der Waals surface area contributed by atoms with Gasteiger partial charge in [0, 0.05) is 31.9 Å². The summed E-state index contributed by atoms with van der Waals surface area (Å²) in [7, 11) is -2.96. The fraction of sp³-hybridized carbons (Fsp3) is 0.214. The number of nitrogens with one attached hydrogen (secondary N) is 2. The third-order valence-electron chi connectivity index (χ3n) is 6.01. The van der Waals surface area contributed by atoms with Gasteiger partial charge in [-0.15, -0.1) is 0 Å². The Kier molecular flexibility index (Phi) is 7.72. The summed E-state index contributed by atoms with van der Waals surface area (Å²) in [5, 5.41) is 11.2. The zero-order valence-electron chi connectivity index (χ0n) is 21.4. The Balaban J connectivity index is 1.76. The van der Waals surface area contributed by atoms with E-state index in [0.29, 0.717) is 0 Å². The fourth-order valence-electron chi connectivity index (χ4n) is 4.05. The van der Waals surface area contributed by atoms with Gasteiger partial charge >= 0.3 is 6.03 Å². The lowest BCUT2D eigenvalue weighted by atomic mass is 10.1. The molecule has 4 rings (SSSR count). The van der Waals surface area contributed by atoms with Crippen molar-refractivity contribution in [2.24, 2.45) is 5.92 Å². The van der Waals surface area contributed by atoms with Crippen molar-refractivity contribution in [3.05, 3.63) is 95.2 Å². The second-order valence-electron chi connectivity index (χ2n) is 9.29. The van der Waals surface area contributed by atoms with Crippen molar-refractivity contribution in [2.75, 3.05) is 13.6 Å². The maximum Gasteiger partial charge on any atom is 0.332 e. The molecule has 0 bridgehead atoms. The summed E-state index contributed by atoms with van der Waals surface area (Å²) in [6, 6.07) is 20.1. The van der Waals surface area contributed by atoms with Crippen LogP contribution in [0.25, 0.3) is 11.3 Å². The molecule has 0 spiro atoms. The third-order valence-corrected chi connectivity index (χ3v) is 7.79. The number of likely N-dealkylation sites (N-methyl/N-ethyl adjacent to an activating group) is 1. The summed E-state index contributed by atoms with van der Waals surface area (Å²) < 4.78 is 27.6. The molecular weight excluding hydrogens is 502 g/mol. The highest BCUT2D eigenvalue weighted by Crippen LogP contribution is 2.27. The summed E-state index contributed by atoms with van der Waals surface area (Å²) in [6.07, 6.45) is 1.71. The van der Waals surface area contributed by atoms with Crippen molar-refractivity contribution in [2.45, 2.75) is 25.3 Å². The molecule has 1 aromatic heterocycles. The SMILES string of the molecule is CC(C)CN1C(=N)/C(=C(\NCc2ccc(-c3ccccn3)cc2)S(=O)(=O)c2ccccc2)C(=O)N(C)C1=O. The molecule has 3 aromatic rings. The number of sulfone groups is 1. The van der Waals surface area contributed by atoms with Crippen LogP contribution < -0.4 is 5.32 Å². The van der Waals surface area contributed by atoms with Crippen LogP contribution in [0.2, 0.25) is 0 Å².